The number of benzene rings is 2. The van der Waals surface area contributed by atoms with Gasteiger partial charge in [0.15, 0.2) is 5.11 Å². The number of hydrogen-bond acceptors (Lipinski definition) is 5. The second kappa shape index (κ2) is 10.7. The Morgan fingerprint density at radius 3 is 2.33 bits per heavy atom. The van der Waals surface area contributed by atoms with Crippen LogP contribution in [-0.4, -0.2) is 45.8 Å². The molecule has 0 amide bonds. The summed E-state index contributed by atoms with van der Waals surface area (Å²) in [6.07, 6.45) is 6.16. The largest absolute Gasteiger partial charge is 0.497 e. The summed E-state index contributed by atoms with van der Waals surface area (Å²) >= 11 is 5.49. The van der Waals surface area contributed by atoms with Gasteiger partial charge in [-0.05, 0) is 80.0 Å². The molecule has 0 bridgehead atoms. The first-order chi connectivity index (χ1) is 15.9. The molecular formula is C24H32N4O3S2. The second-order valence-corrected chi connectivity index (χ2v) is 10.8. The van der Waals surface area contributed by atoms with Crippen molar-refractivity contribution in [2.45, 2.75) is 55.5 Å². The first kappa shape index (κ1) is 23.8. The fourth-order valence-corrected chi connectivity index (χ4v) is 6.07. The van der Waals surface area contributed by atoms with Crippen LogP contribution in [0.1, 0.15) is 38.5 Å². The number of nitrogens with zero attached hydrogens (tertiary/aromatic N) is 1. The van der Waals surface area contributed by atoms with Gasteiger partial charge in [-0.15, -0.1) is 0 Å². The summed E-state index contributed by atoms with van der Waals surface area (Å²) in [5.74, 6) is 0.849. The molecule has 1 saturated heterocycles. The van der Waals surface area contributed by atoms with E-state index in [4.69, 9.17) is 17.0 Å². The van der Waals surface area contributed by atoms with Crippen LogP contribution in [0.25, 0.3) is 0 Å². The molecule has 178 valence electrons. The number of nitrogens with one attached hydrogen (secondary N) is 3. The quantitative estimate of drug-likeness (QED) is 0.510. The van der Waals surface area contributed by atoms with Crippen molar-refractivity contribution in [2.75, 3.05) is 30.4 Å². The summed E-state index contributed by atoms with van der Waals surface area (Å²) in [5.41, 5.74) is 1.92. The number of hydrogen-bond donors (Lipinski definition) is 3. The number of thiocarbonyl (C=S) groups is 1. The molecule has 0 radical (unpaired) electrons. The predicted octanol–water partition coefficient (Wildman–Crippen LogP) is 3.87. The predicted molar refractivity (Wildman–Crippen MR) is 137 cm³/mol. The van der Waals surface area contributed by atoms with Crippen LogP contribution in [0.2, 0.25) is 0 Å². The van der Waals surface area contributed by atoms with Crippen molar-refractivity contribution in [3.05, 3.63) is 48.5 Å². The summed E-state index contributed by atoms with van der Waals surface area (Å²) in [6.45, 7) is 1.81. The van der Waals surface area contributed by atoms with Crippen LogP contribution in [0.15, 0.2) is 53.4 Å². The van der Waals surface area contributed by atoms with Gasteiger partial charge in [-0.25, -0.2) is 13.1 Å². The minimum Gasteiger partial charge on any atom is -0.497 e. The Balaban J connectivity index is 1.27. The van der Waals surface area contributed by atoms with Gasteiger partial charge in [-0.3, -0.25) is 0 Å². The van der Waals surface area contributed by atoms with Gasteiger partial charge in [-0.2, -0.15) is 0 Å². The lowest BCUT2D eigenvalue weighted by atomic mass is 9.96. The van der Waals surface area contributed by atoms with Crippen LogP contribution in [0, 0.1) is 0 Å². The highest BCUT2D eigenvalue weighted by Crippen LogP contribution is 2.24. The molecule has 2 aromatic carbocycles. The van der Waals surface area contributed by atoms with Gasteiger partial charge >= 0.3 is 0 Å². The molecule has 1 aliphatic heterocycles. The molecule has 1 saturated carbocycles. The first-order valence-electron chi connectivity index (χ1n) is 11.5. The smallest absolute Gasteiger partial charge is 0.240 e. The van der Waals surface area contributed by atoms with E-state index in [2.05, 4.69) is 32.4 Å². The highest BCUT2D eigenvalue weighted by Gasteiger charge is 2.24. The second-order valence-electron chi connectivity index (χ2n) is 8.71. The van der Waals surface area contributed by atoms with E-state index < -0.39 is 10.0 Å². The van der Waals surface area contributed by atoms with Gasteiger partial charge in [0.25, 0.3) is 0 Å². The van der Waals surface area contributed by atoms with Crippen LogP contribution in [0.4, 0.5) is 11.4 Å². The van der Waals surface area contributed by atoms with E-state index in [9.17, 15) is 8.42 Å². The molecule has 2 aliphatic rings. The van der Waals surface area contributed by atoms with Crippen molar-refractivity contribution >= 4 is 38.7 Å². The molecule has 0 aromatic heterocycles. The average molecular weight is 489 g/mol. The Labute approximate surface area is 201 Å². The van der Waals surface area contributed by atoms with E-state index in [1.165, 1.54) is 6.42 Å². The summed E-state index contributed by atoms with van der Waals surface area (Å²) in [6, 6.07) is 15.1. The fraction of sp³-hybridized carbons (Fsp3) is 0.458. The molecule has 1 heterocycles. The molecule has 0 spiro atoms. The van der Waals surface area contributed by atoms with E-state index in [0.717, 1.165) is 62.3 Å². The molecule has 7 nitrogen and oxygen atoms in total. The lowest BCUT2D eigenvalue weighted by Gasteiger charge is -2.22. The third kappa shape index (κ3) is 6.37. The van der Waals surface area contributed by atoms with Crippen molar-refractivity contribution in [2.24, 2.45) is 0 Å². The highest BCUT2D eigenvalue weighted by molar-refractivity contribution is 7.89. The van der Waals surface area contributed by atoms with Gasteiger partial charge in [0.05, 0.1) is 12.0 Å². The number of sulfonamides is 1. The standard InChI is InChI=1S/C24H32N4O3S2/c1-31-22-11-9-21(10-12-22)28-16-15-20(17-28)26-24(32)25-18-7-13-23(14-8-18)33(29,30)27-19-5-3-2-4-6-19/h7-14,19-20,27H,2-6,15-17H2,1H3,(H2,25,26,32). The number of methoxy groups -OCH3 is 1. The molecule has 2 fully saturated rings. The third-order valence-electron chi connectivity index (χ3n) is 6.31. The Kier molecular flexibility index (Phi) is 7.72. The maximum absolute atomic E-state index is 12.7. The SMILES string of the molecule is COc1ccc(N2CCC(NC(=S)Nc3ccc(S(=O)(=O)NC4CCCCC4)cc3)C2)cc1. The van der Waals surface area contributed by atoms with Gasteiger partial charge in [0.1, 0.15) is 5.75 Å². The molecule has 1 unspecified atom stereocenters. The topological polar surface area (TPSA) is 82.7 Å². The Bertz CT molecular complexity index is 1040. The van der Waals surface area contributed by atoms with Gasteiger partial charge < -0.3 is 20.3 Å². The van der Waals surface area contributed by atoms with Crippen LogP contribution in [0.3, 0.4) is 0 Å². The molecule has 9 heteroatoms. The summed E-state index contributed by atoms with van der Waals surface area (Å²) in [5, 5.41) is 7.08. The zero-order valence-electron chi connectivity index (χ0n) is 18.9. The van der Waals surface area contributed by atoms with Gasteiger partial charge in [-0.1, -0.05) is 19.3 Å². The lowest BCUT2D eigenvalue weighted by molar-refractivity contribution is 0.412. The molecule has 3 N–H and O–H groups in total. The van der Waals surface area contributed by atoms with E-state index in [0.29, 0.717) is 5.11 Å². The summed E-state index contributed by atoms with van der Waals surface area (Å²) < 4.78 is 33.4. The average Bonchev–Trinajstić information content (AvgIpc) is 3.28. The van der Waals surface area contributed by atoms with Crippen molar-refractivity contribution in [3.8, 4) is 5.75 Å². The van der Waals surface area contributed by atoms with Crippen LogP contribution < -0.4 is 25.0 Å². The van der Waals surface area contributed by atoms with Crippen LogP contribution in [0.5, 0.6) is 5.75 Å². The van der Waals surface area contributed by atoms with Crippen molar-refractivity contribution in [1.29, 1.82) is 0 Å². The minimum atomic E-state index is -3.50. The van der Waals surface area contributed by atoms with Gasteiger partial charge in [0, 0.05) is 36.5 Å². The Morgan fingerprint density at radius 1 is 0.970 bits per heavy atom. The van der Waals surface area contributed by atoms with Crippen molar-refractivity contribution < 1.29 is 13.2 Å². The van der Waals surface area contributed by atoms with E-state index in [1.54, 1.807) is 31.4 Å². The molecular weight excluding hydrogens is 456 g/mol. The number of rotatable bonds is 7. The maximum Gasteiger partial charge on any atom is 0.240 e. The molecule has 2 aromatic rings. The maximum atomic E-state index is 12.7. The zero-order chi connectivity index (χ0) is 23.3. The van der Waals surface area contributed by atoms with Crippen LogP contribution in [-0.2, 0) is 10.0 Å². The Hall–Kier alpha value is -2.36. The molecule has 1 aliphatic carbocycles. The van der Waals surface area contributed by atoms with Crippen molar-refractivity contribution in [3.63, 3.8) is 0 Å². The van der Waals surface area contributed by atoms with Crippen molar-refractivity contribution in [1.82, 2.24) is 10.0 Å². The fourth-order valence-electron chi connectivity index (χ4n) is 4.48. The van der Waals surface area contributed by atoms with E-state index >= 15 is 0 Å². The molecule has 33 heavy (non-hydrogen) atoms. The Morgan fingerprint density at radius 2 is 1.67 bits per heavy atom. The van der Waals surface area contributed by atoms with Crippen LogP contribution >= 0.6 is 12.2 Å². The van der Waals surface area contributed by atoms with Gasteiger partial charge in [0.2, 0.25) is 10.0 Å². The van der Waals surface area contributed by atoms with E-state index in [-0.39, 0.29) is 17.0 Å². The minimum absolute atomic E-state index is 0.0437. The number of ether oxygens (including phenoxy) is 1. The highest BCUT2D eigenvalue weighted by atomic mass is 32.2. The monoisotopic (exact) mass is 488 g/mol. The molecule has 1 atom stereocenters. The summed E-state index contributed by atoms with van der Waals surface area (Å²) in [4.78, 5) is 2.60. The lowest BCUT2D eigenvalue weighted by Crippen LogP contribution is -2.39. The molecule has 4 rings (SSSR count). The first-order valence-corrected chi connectivity index (χ1v) is 13.4. The number of anilines is 2. The third-order valence-corrected chi connectivity index (χ3v) is 8.07. The normalized spacial score (nSPS) is 19.3. The summed E-state index contributed by atoms with van der Waals surface area (Å²) in [7, 11) is -1.83. The van der Waals surface area contributed by atoms with E-state index in [1.807, 2.05) is 12.1 Å². The zero-order valence-corrected chi connectivity index (χ0v) is 20.6.